The number of carbonyl (C=O) groups excluding carboxylic acids is 1. The molecule has 7 heteroatoms. The van der Waals surface area contributed by atoms with Crippen molar-refractivity contribution in [2.24, 2.45) is 0 Å². The zero-order valence-corrected chi connectivity index (χ0v) is 14.0. The molecule has 25 heavy (non-hydrogen) atoms. The molecule has 2 heterocycles. The molecule has 0 fully saturated rings. The van der Waals surface area contributed by atoms with Crippen molar-refractivity contribution in [3.8, 4) is 6.07 Å². The van der Waals surface area contributed by atoms with Crippen LogP contribution in [0.1, 0.15) is 30.1 Å². The Bertz CT molecular complexity index is 834. The van der Waals surface area contributed by atoms with Crippen LogP contribution in [0.25, 0.3) is 5.57 Å². The van der Waals surface area contributed by atoms with Gasteiger partial charge < -0.3 is 14.7 Å². The average molecular weight is 337 g/mol. The van der Waals surface area contributed by atoms with E-state index in [9.17, 15) is 4.79 Å². The Morgan fingerprint density at radius 2 is 2.28 bits per heavy atom. The second kappa shape index (κ2) is 7.73. The third kappa shape index (κ3) is 4.31. The van der Waals surface area contributed by atoms with E-state index in [1.54, 1.807) is 24.3 Å². The molecular formula is C18H19N5O2. The summed E-state index contributed by atoms with van der Waals surface area (Å²) in [5, 5.41) is 15.8. The largest absolute Gasteiger partial charge is 0.339 e. The van der Waals surface area contributed by atoms with Gasteiger partial charge in [-0.25, -0.2) is 0 Å². The molecule has 0 saturated carbocycles. The van der Waals surface area contributed by atoms with Gasteiger partial charge in [0.25, 0.3) is 0 Å². The number of likely N-dealkylation sites (N-methyl/N-ethyl adjacent to an activating group) is 1. The summed E-state index contributed by atoms with van der Waals surface area (Å²) >= 11 is 0. The molecule has 3 rings (SSSR count). The van der Waals surface area contributed by atoms with Crippen LogP contribution in [0.2, 0.25) is 0 Å². The lowest BCUT2D eigenvalue weighted by Gasteiger charge is -2.19. The molecule has 1 aliphatic rings. The van der Waals surface area contributed by atoms with Gasteiger partial charge >= 0.3 is 0 Å². The van der Waals surface area contributed by atoms with Crippen LogP contribution in [0.4, 0.5) is 5.69 Å². The maximum absolute atomic E-state index is 12.1. The van der Waals surface area contributed by atoms with Crippen molar-refractivity contribution in [3.63, 3.8) is 0 Å². The SMILES string of the molecule is CN1CC=C(c2noc(CCC(=O)Nc3ccccc3C#N)n2)CC1. The number of benzene rings is 1. The Morgan fingerprint density at radius 3 is 3.04 bits per heavy atom. The van der Waals surface area contributed by atoms with Gasteiger partial charge in [-0.2, -0.15) is 10.2 Å². The van der Waals surface area contributed by atoms with Gasteiger partial charge in [-0.15, -0.1) is 0 Å². The Balaban J connectivity index is 1.55. The number of nitrogens with one attached hydrogen (secondary N) is 1. The van der Waals surface area contributed by atoms with E-state index in [0.29, 0.717) is 29.4 Å². The van der Waals surface area contributed by atoms with Crippen molar-refractivity contribution >= 4 is 17.2 Å². The fraction of sp³-hybridized carbons (Fsp3) is 0.333. The first-order valence-electron chi connectivity index (χ1n) is 8.15. The van der Waals surface area contributed by atoms with E-state index in [1.807, 2.05) is 0 Å². The molecule has 0 aliphatic carbocycles. The Morgan fingerprint density at radius 1 is 1.44 bits per heavy atom. The number of nitriles is 1. The van der Waals surface area contributed by atoms with Crippen molar-refractivity contribution in [2.45, 2.75) is 19.3 Å². The lowest BCUT2D eigenvalue weighted by Crippen LogP contribution is -2.23. The highest BCUT2D eigenvalue weighted by atomic mass is 16.5. The fourth-order valence-corrected chi connectivity index (χ4v) is 2.58. The van der Waals surface area contributed by atoms with Crippen molar-refractivity contribution < 1.29 is 9.32 Å². The first kappa shape index (κ1) is 16.9. The summed E-state index contributed by atoms with van der Waals surface area (Å²) in [5.74, 6) is 0.859. The molecule has 1 aliphatic heterocycles. The molecule has 1 aromatic heterocycles. The first-order chi connectivity index (χ1) is 12.2. The summed E-state index contributed by atoms with van der Waals surface area (Å²) in [6.45, 7) is 1.84. The lowest BCUT2D eigenvalue weighted by atomic mass is 10.1. The maximum Gasteiger partial charge on any atom is 0.227 e. The molecule has 0 bridgehead atoms. The monoisotopic (exact) mass is 337 g/mol. The zero-order valence-electron chi connectivity index (χ0n) is 14.0. The molecule has 1 N–H and O–H groups in total. The number of rotatable bonds is 5. The highest BCUT2D eigenvalue weighted by molar-refractivity contribution is 5.92. The number of para-hydroxylation sites is 1. The van der Waals surface area contributed by atoms with E-state index in [2.05, 4.69) is 39.6 Å². The molecule has 7 nitrogen and oxygen atoms in total. The van der Waals surface area contributed by atoms with Gasteiger partial charge in [0.2, 0.25) is 11.8 Å². The first-order valence-corrected chi connectivity index (χ1v) is 8.15. The van der Waals surface area contributed by atoms with Crippen molar-refractivity contribution in [3.05, 3.63) is 47.6 Å². The molecule has 2 aromatic rings. The molecule has 0 unspecified atom stereocenters. The number of nitrogens with zero attached hydrogens (tertiary/aromatic N) is 4. The molecule has 128 valence electrons. The Kier molecular flexibility index (Phi) is 5.21. The quantitative estimate of drug-likeness (QED) is 0.899. The van der Waals surface area contributed by atoms with Crippen molar-refractivity contribution in [1.82, 2.24) is 15.0 Å². The van der Waals surface area contributed by atoms with Gasteiger partial charge in [-0.05, 0) is 31.2 Å². The Labute approximate surface area is 145 Å². The summed E-state index contributed by atoms with van der Waals surface area (Å²) in [6, 6.07) is 8.95. The van der Waals surface area contributed by atoms with Crippen molar-refractivity contribution in [1.29, 1.82) is 5.26 Å². The third-order valence-electron chi connectivity index (χ3n) is 4.06. The van der Waals surface area contributed by atoms with E-state index in [-0.39, 0.29) is 12.3 Å². The molecule has 0 atom stereocenters. The van der Waals surface area contributed by atoms with Crippen molar-refractivity contribution in [2.75, 3.05) is 25.5 Å². The van der Waals surface area contributed by atoms with Crippen LogP contribution in [0.5, 0.6) is 0 Å². The number of amides is 1. The molecule has 0 saturated heterocycles. The molecule has 0 spiro atoms. The van der Waals surface area contributed by atoms with Crippen LogP contribution >= 0.6 is 0 Å². The summed E-state index contributed by atoms with van der Waals surface area (Å²) in [7, 11) is 2.07. The number of hydrogen-bond acceptors (Lipinski definition) is 6. The van der Waals surface area contributed by atoms with Crippen LogP contribution in [0.3, 0.4) is 0 Å². The summed E-state index contributed by atoms with van der Waals surface area (Å²) < 4.78 is 5.24. The highest BCUT2D eigenvalue weighted by Gasteiger charge is 2.16. The summed E-state index contributed by atoms with van der Waals surface area (Å²) in [4.78, 5) is 18.7. The van der Waals surface area contributed by atoms with Crippen LogP contribution in [-0.2, 0) is 11.2 Å². The molecule has 1 amide bonds. The van der Waals surface area contributed by atoms with Gasteiger partial charge in [-0.3, -0.25) is 4.79 Å². The third-order valence-corrected chi connectivity index (χ3v) is 4.06. The van der Waals surface area contributed by atoms with E-state index in [1.165, 1.54) is 0 Å². The van der Waals surface area contributed by atoms with Crippen LogP contribution in [0.15, 0.2) is 34.9 Å². The zero-order chi connectivity index (χ0) is 17.6. The van der Waals surface area contributed by atoms with E-state index in [0.717, 1.165) is 25.1 Å². The summed E-state index contributed by atoms with van der Waals surface area (Å²) in [6.07, 6.45) is 3.56. The minimum atomic E-state index is -0.194. The summed E-state index contributed by atoms with van der Waals surface area (Å²) in [5.41, 5.74) is 2.03. The number of hydrogen-bond donors (Lipinski definition) is 1. The lowest BCUT2D eigenvalue weighted by molar-refractivity contribution is -0.116. The smallest absolute Gasteiger partial charge is 0.227 e. The van der Waals surface area contributed by atoms with Crippen LogP contribution < -0.4 is 5.32 Å². The molecule has 1 aromatic carbocycles. The van der Waals surface area contributed by atoms with Gasteiger partial charge in [0.1, 0.15) is 6.07 Å². The highest BCUT2D eigenvalue weighted by Crippen LogP contribution is 2.19. The van der Waals surface area contributed by atoms with E-state index in [4.69, 9.17) is 9.78 Å². The molecular weight excluding hydrogens is 318 g/mol. The van der Waals surface area contributed by atoms with Gasteiger partial charge in [-0.1, -0.05) is 23.4 Å². The standard InChI is InChI=1S/C18H19N5O2/c1-23-10-8-13(9-11-23)18-21-17(25-22-18)7-6-16(24)20-15-5-3-2-4-14(15)12-19/h2-5,8H,6-7,9-11H2,1H3,(H,20,24). The fourth-order valence-electron chi connectivity index (χ4n) is 2.58. The predicted molar refractivity (Wildman–Crippen MR) is 92.5 cm³/mol. The number of anilines is 1. The topological polar surface area (TPSA) is 95.0 Å². The normalized spacial score (nSPS) is 14.6. The van der Waals surface area contributed by atoms with Gasteiger partial charge in [0, 0.05) is 25.9 Å². The number of aromatic nitrogens is 2. The number of carbonyl (C=O) groups is 1. The second-order valence-corrected chi connectivity index (χ2v) is 5.96. The second-order valence-electron chi connectivity index (χ2n) is 5.96. The van der Waals surface area contributed by atoms with E-state index < -0.39 is 0 Å². The average Bonchev–Trinajstić information content (AvgIpc) is 3.10. The molecule has 0 radical (unpaired) electrons. The van der Waals surface area contributed by atoms with Gasteiger partial charge in [0.15, 0.2) is 5.82 Å². The Hall–Kier alpha value is -2.98. The van der Waals surface area contributed by atoms with Crippen LogP contribution in [0, 0.1) is 11.3 Å². The minimum Gasteiger partial charge on any atom is -0.339 e. The van der Waals surface area contributed by atoms with Crippen LogP contribution in [-0.4, -0.2) is 41.1 Å². The minimum absolute atomic E-state index is 0.194. The maximum atomic E-state index is 12.1. The van der Waals surface area contributed by atoms with E-state index >= 15 is 0 Å². The predicted octanol–water partition coefficient (Wildman–Crippen LogP) is 2.23. The van der Waals surface area contributed by atoms with Gasteiger partial charge in [0.05, 0.1) is 11.3 Å². The number of aryl methyl sites for hydroxylation is 1.